The summed E-state index contributed by atoms with van der Waals surface area (Å²) in [5.41, 5.74) is 0.515. The minimum atomic E-state index is -4.58. The number of fused-ring (bicyclic) bond motifs is 5. The minimum absolute atomic E-state index is 0.0574. The maximum absolute atomic E-state index is 13.5. The fraction of sp³-hybridized carbons (Fsp3) is 0.857. The van der Waals surface area contributed by atoms with Gasteiger partial charge in [-0.25, -0.2) is 0 Å². The van der Waals surface area contributed by atoms with Crippen molar-refractivity contribution in [2.45, 2.75) is 122 Å². The van der Waals surface area contributed by atoms with Gasteiger partial charge < -0.3 is 4.74 Å². The molecule has 3 saturated carbocycles. The first-order valence-electron chi connectivity index (χ1n) is 20.6. The van der Waals surface area contributed by atoms with E-state index in [1.54, 1.807) is 6.08 Å². The zero-order valence-corrected chi connectivity index (χ0v) is 17.8. The maximum atomic E-state index is 13.5. The predicted octanol–water partition coefficient (Wildman–Crippen LogP) is 7.18. The number of allylic oxidation sites excluding steroid dienone is 1. The summed E-state index contributed by atoms with van der Waals surface area (Å²) in [6.07, 6.45) is -29.1. The Kier molecular flexibility index (Phi) is 3.05. The van der Waals surface area contributed by atoms with Gasteiger partial charge in [0.1, 0.15) is 6.10 Å². The molecule has 0 bridgehead atoms. The van der Waals surface area contributed by atoms with Crippen LogP contribution in [-0.2, 0) is 14.3 Å². The van der Waals surface area contributed by atoms with Crippen molar-refractivity contribution < 1.29 is 40.4 Å². The Morgan fingerprint density at radius 2 is 1.87 bits per heavy atom. The van der Waals surface area contributed by atoms with Gasteiger partial charge in [0.25, 0.3) is 0 Å². The Balaban J connectivity index is 1.59. The summed E-state index contributed by atoms with van der Waals surface area (Å²) >= 11 is 0. The van der Waals surface area contributed by atoms with Crippen LogP contribution in [0.2, 0.25) is 0 Å². The second-order valence-corrected chi connectivity index (χ2v) is 9.32. The zero-order valence-electron chi connectivity index (χ0n) is 36.8. The molecule has 0 saturated heterocycles. The van der Waals surface area contributed by atoms with Crippen LogP contribution in [0.1, 0.15) is 142 Å². The third-order valence-corrected chi connectivity index (χ3v) is 8.00. The highest BCUT2D eigenvalue weighted by molar-refractivity contribution is 5.91. The Bertz CT molecular complexity index is 1400. The monoisotopic (exact) mass is 447 g/mol. The Hall–Kier alpha value is -1.12. The molecular weight excluding hydrogens is 384 g/mol. The van der Waals surface area contributed by atoms with Crippen LogP contribution in [0.5, 0.6) is 0 Å². The van der Waals surface area contributed by atoms with E-state index in [-0.39, 0.29) is 30.0 Å². The lowest BCUT2D eigenvalue weighted by Crippen LogP contribution is -2.48. The fourth-order valence-electron chi connectivity index (χ4n) is 6.72. The fourth-order valence-corrected chi connectivity index (χ4v) is 6.72. The maximum Gasteiger partial charge on any atom is 0.306 e. The molecule has 3 heteroatoms. The summed E-state index contributed by atoms with van der Waals surface area (Å²) in [4.78, 5) is 25.5. The number of carbonyl (C=O) groups excluding carboxylic acids is 2. The molecule has 0 spiro atoms. The van der Waals surface area contributed by atoms with E-state index in [0.29, 0.717) is 25.2 Å². The molecule has 6 atom stereocenters. The van der Waals surface area contributed by atoms with E-state index >= 15 is 0 Å². The smallest absolute Gasteiger partial charge is 0.306 e. The van der Waals surface area contributed by atoms with E-state index in [9.17, 15) is 9.59 Å². The van der Waals surface area contributed by atoms with Gasteiger partial charge in [-0.15, -0.1) is 0 Å². The highest BCUT2D eigenvalue weighted by atomic mass is 16.5. The molecule has 174 valence electrons. The summed E-state index contributed by atoms with van der Waals surface area (Å²) in [6, 6.07) is 0. The second-order valence-electron chi connectivity index (χ2n) is 9.32. The summed E-state index contributed by atoms with van der Waals surface area (Å²) < 4.78 is 159. The number of ketones is 1. The lowest BCUT2D eigenvalue weighted by molar-refractivity contribution is -0.159. The molecule has 31 heavy (non-hydrogen) atoms. The van der Waals surface area contributed by atoms with Crippen molar-refractivity contribution >= 4 is 11.8 Å². The van der Waals surface area contributed by atoms with Crippen LogP contribution in [0, 0.1) is 29.1 Å². The number of carbonyl (C=O) groups is 2. The highest BCUT2D eigenvalue weighted by Gasteiger charge is 2.57. The average molecular weight is 448 g/mol. The van der Waals surface area contributed by atoms with Crippen molar-refractivity contribution in [2.75, 3.05) is 0 Å². The summed E-state index contributed by atoms with van der Waals surface area (Å²) in [5, 5.41) is 0. The van der Waals surface area contributed by atoms with Crippen molar-refractivity contribution in [3.8, 4) is 0 Å². The van der Waals surface area contributed by atoms with Gasteiger partial charge in [-0.3, -0.25) is 9.59 Å². The third kappa shape index (κ3) is 4.96. The number of hydrogen-bond donors (Lipinski definition) is 0. The van der Waals surface area contributed by atoms with E-state index < -0.39 is 75.3 Å². The van der Waals surface area contributed by atoms with Crippen molar-refractivity contribution in [2.24, 2.45) is 29.1 Å². The number of rotatable bonds is 9. The van der Waals surface area contributed by atoms with E-state index in [0.717, 1.165) is 25.7 Å². The molecule has 4 aliphatic carbocycles. The van der Waals surface area contributed by atoms with Gasteiger partial charge in [0, 0.05) is 44.3 Å². The Morgan fingerprint density at radius 3 is 2.71 bits per heavy atom. The normalized spacial score (nSPS) is 50.1. The predicted molar refractivity (Wildman–Crippen MR) is 125 cm³/mol. The topological polar surface area (TPSA) is 43.4 Å². The lowest BCUT2D eigenvalue weighted by Gasteiger charge is -2.53. The number of hydrogen-bond acceptors (Lipinski definition) is 3. The Morgan fingerprint density at radius 1 is 1.06 bits per heavy atom. The molecule has 0 amide bonds. The molecule has 0 N–H and O–H groups in total. The van der Waals surface area contributed by atoms with E-state index in [2.05, 4.69) is 0 Å². The standard InChI is InChI=1S/C28H44O3/c1-3-4-5-6-7-8-9-10-27(30)31-26-16-15-25-24-13-11-20-19-21(29)12-14-22(20)23(24)17-18-28(25,26)2/h19,22-26H,3-18H2,1-2H3/t22-,23+,24+,25-,26-,28-/m0/s1/i1D3,3D2,4D2,5D2,6D2,7D2,8D2,9D2,10D2. The van der Waals surface area contributed by atoms with Gasteiger partial charge in [-0.2, -0.15) is 0 Å². The van der Waals surface area contributed by atoms with E-state index in [1.165, 1.54) is 5.57 Å². The molecule has 0 aromatic heterocycles. The summed E-state index contributed by atoms with van der Waals surface area (Å²) in [5.74, 6) is -0.862. The van der Waals surface area contributed by atoms with Crippen LogP contribution >= 0.6 is 0 Å². The molecule has 0 aliphatic heterocycles. The quantitative estimate of drug-likeness (QED) is 0.351. The zero-order chi connectivity index (χ0) is 38.7. The minimum Gasteiger partial charge on any atom is -0.462 e. The number of ether oxygens (including phenoxy) is 1. The molecule has 3 fully saturated rings. The summed E-state index contributed by atoms with van der Waals surface area (Å²) in [7, 11) is 0. The van der Waals surface area contributed by atoms with Crippen molar-refractivity contribution in [1.82, 2.24) is 0 Å². The number of esters is 1. The highest BCUT2D eigenvalue weighted by Crippen LogP contribution is 2.62. The van der Waals surface area contributed by atoms with Gasteiger partial charge >= 0.3 is 5.97 Å². The van der Waals surface area contributed by atoms with Crippen molar-refractivity contribution in [3.63, 3.8) is 0 Å². The van der Waals surface area contributed by atoms with Crippen LogP contribution in [0.3, 0.4) is 0 Å². The van der Waals surface area contributed by atoms with Crippen LogP contribution in [0.25, 0.3) is 0 Å². The molecule has 0 radical (unpaired) electrons. The average Bonchev–Trinajstić information content (AvgIpc) is 3.31. The first kappa shape index (κ1) is 9.26. The largest absolute Gasteiger partial charge is 0.462 e. The molecule has 3 nitrogen and oxygen atoms in total. The first-order valence-corrected chi connectivity index (χ1v) is 11.1. The lowest BCUT2D eigenvalue weighted by atomic mass is 9.52. The first-order chi connectivity index (χ1) is 22.2. The van der Waals surface area contributed by atoms with E-state index in [4.69, 9.17) is 30.8 Å². The molecule has 0 aromatic rings. The molecule has 4 aliphatic rings. The van der Waals surface area contributed by atoms with Gasteiger partial charge in [0.15, 0.2) is 5.78 Å². The van der Waals surface area contributed by atoms with Gasteiger partial charge in [-0.1, -0.05) is 57.6 Å². The molecule has 4 rings (SSSR count). The Labute approximate surface area is 216 Å². The SMILES string of the molecule is [2H]C([2H])([2H])C([2H])([2H])C([2H])([2H])C([2H])([2H])C([2H])([2H])C([2H])([2H])C([2H])([2H])C([2H])([2H])C([2H])([2H])C(=O)O[C@H]1CC[C@H]2[C@@H]3CCC4=CC(=O)CC[C@@H]4[C@H]3CC[C@]12C. The third-order valence-electron chi connectivity index (χ3n) is 8.00. The van der Waals surface area contributed by atoms with E-state index in [1.807, 2.05) is 6.92 Å². The second kappa shape index (κ2) is 10.2. The van der Waals surface area contributed by atoms with Gasteiger partial charge in [0.05, 0.1) is 0 Å². The summed E-state index contributed by atoms with van der Waals surface area (Å²) in [6.45, 7) is -2.01. The van der Waals surface area contributed by atoms with Crippen molar-refractivity contribution in [1.29, 1.82) is 0 Å². The van der Waals surface area contributed by atoms with Crippen LogP contribution in [0.15, 0.2) is 11.6 Å². The van der Waals surface area contributed by atoms with Crippen LogP contribution < -0.4 is 0 Å². The van der Waals surface area contributed by atoms with Crippen molar-refractivity contribution in [3.05, 3.63) is 11.6 Å². The molecule has 0 unspecified atom stereocenters. The van der Waals surface area contributed by atoms with Crippen LogP contribution in [0.4, 0.5) is 0 Å². The van der Waals surface area contributed by atoms with Crippen LogP contribution in [-0.4, -0.2) is 17.9 Å². The molecule has 0 heterocycles. The van der Waals surface area contributed by atoms with Gasteiger partial charge in [0.2, 0.25) is 0 Å². The van der Waals surface area contributed by atoms with Gasteiger partial charge in [-0.05, 0) is 81.1 Å². The molecule has 0 aromatic carbocycles. The molecular formula is C28H44O3.